The van der Waals surface area contributed by atoms with E-state index in [2.05, 4.69) is 47.1 Å². The van der Waals surface area contributed by atoms with Crippen molar-refractivity contribution in [2.45, 2.75) is 57.0 Å². The molecule has 0 N–H and O–H groups in total. The van der Waals surface area contributed by atoms with Crippen LogP contribution in [0.25, 0.3) is 0 Å². The number of methoxy groups -OCH3 is 1. The van der Waals surface area contributed by atoms with E-state index in [1.54, 1.807) is 7.11 Å². The molecule has 0 unspecified atom stereocenters. The number of carbonyl (C=O) groups excluding carboxylic acids is 1. The summed E-state index contributed by atoms with van der Waals surface area (Å²) in [5.74, 6) is 2.62. The van der Waals surface area contributed by atoms with Crippen LogP contribution >= 0.6 is 0 Å². The first kappa shape index (κ1) is 20.3. The zero-order valence-electron chi connectivity index (χ0n) is 19.3. The van der Waals surface area contributed by atoms with E-state index in [0.29, 0.717) is 30.8 Å². The minimum absolute atomic E-state index is 0.0256. The maximum absolute atomic E-state index is 13.5. The average molecular weight is 431 g/mol. The number of rotatable bonds is 5. The van der Waals surface area contributed by atoms with E-state index in [1.165, 1.54) is 41.6 Å². The highest BCUT2D eigenvalue weighted by molar-refractivity contribution is 5.80. The summed E-state index contributed by atoms with van der Waals surface area (Å²) in [5, 5.41) is 0. The van der Waals surface area contributed by atoms with Crippen LogP contribution in [0.5, 0.6) is 5.75 Å². The zero-order valence-corrected chi connectivity index (χ0v) is 19.3. The molecule has 3 atom stereocenters. The summed E-state index contributed by atoms with van der Waals surface area (Å²) in [6, 6.07) is 15.8. The lowest BCUT2D eigenvalue weighted by atomic mass is 9.54. The number of fused-ring (bicyclic) bond motifs is 1. The third kappa shape index (κ3) is 3.35. The Kier molecular flexibility index (Phi) is 4.83. The fraction of sp³-hybridized carbons (Fsp3) is 0.536. The summed E-state index contributed by atoms with van der Waals surface area (Å²) in [6.45, 7) is 6.18. The fourth-order valence-corrected chi connectivity index (χ4v) is 6.77. The van der Waals surface area contributed by atoms with Crippen molar-refractivity contribution in [2.24, 2.45) is 11.8 Å². The van der Waals surface area contributed by atoms with E-state index >= 15 is 0 Å². The highest BCUT2D eigenvalue weighted by atomic mass is 16.5. The molecule has 4 heteroatoms. The zero-order chi connectivity index (χ0) is 21.9. The van der Waals surface area contributed by atoms with Crippen LogP contribution < -0.4 is 4.74 Å². The van der Waals surface area contributed by atoms with Crippen LogP contribution in [0.2, 0.25) is 0 Å². The van der Waals surface area contributed by atoms with Gasteiger partial charge in [0.05, 0.1) is 7.11 Å². The van der Waals surface area contributed by atoms with E-state index < -0.39 is 0 Å². The van der Waals surface area contributed by atoms with Crippen molar-refractivity contribution in [1.29, 1.82) is 0 Å². The Morgan fingerprint density at radius 1 is 1.12 bits per heavy atom. The first-order chi connectivity index (χ1) is 15.6. The van der Waals surface area contributed by atoms with Gasteiger partial charge in [-0.3, -0.25) is 9.69 Å². The van der Waals surface area contributed by atoms with Crippen molar-refractivity contribution in [3.63, 3.8) is 0 Å². The van der Waals surface area contributed by atoms with Gasteiger partial charge in [-0.05, 0) is 73.9 Å². The van der Waals surface area contributed by atoms with Crippen molar-refractivity contribution >= 4 is 5.91 Å². The largest absolute Gasteiger partial charge is 0.497 e. The second-order valence-electron chi connectivity index (χ2n) is 10.7. The lowest BCUT2D eigenvalue weighted by Gasteiger charge is -2.60. The molecule has 0 aromatic heterocycles. The van der Waals surface area contributed by atoms with Crippen LogP contribution in [0.4, 0.5) is 0 Å². The molecule has 0 spiro atoms. The number of nitrogens with zero attached hydrogens (tertiary/aromatic N) is 2. The van der Waals surface area contributed by atoms with Crippen molar-refractivity contribution in [3.8, 4) is 5.75 Å². The summed E-state index contributed by atoms with van der Waals surface area (Å²) in [5.41, 5.74) is 5.51. The molecule has 2 heterocycles. The highest BCUT2D eigenvalue weighted by Crippen LogP contribution is 2.54. The number of amides is 1. The Bertz CT molecular complexity index is 1030. The van der Waals surface area contributed by atoms with Crippen LogP contribution in [0.15, 0.2) is 42.5 Å². The molecule has 2 aromatic rings. The number of hydrogen-bond acceptors (Lipinski definition) is 3. The normalized spacial score (nSPS) is 29.4. The molecular formula is C28H34N2O2. The van der Waals surface area contributed by atoms with Crippen LogP contribution in [0.1, 0.15) is 47.9 Å². The summed E-state index contributed by atoms with van der Waals surface area (Å²) < 4.78 is 5.31. The molecule has 2 aromatic carbocycles. The first-order valence-corrected chi connectivity index (χ1v) is 12.3. The number of carbonyl (C=O) groups is 1. The van der Waals surface area contributed by atoms with Gasteiger partial charge in [-0.1, -0.05) is 35.9 Å². The van der Waals surface area contributed by atoms with Gasteiger partial charge in [0, 0.05) is 43.4 Å². The van der Waals surface area contributed by atoms with Crippen LogP contribution in [-0.4, -0.2) is 48.5 Å². The molecule has 168 valence electrons. The summed E-state index contributed by atoms with van der Waals surface area (Å²) in [6.07, 6.45) is 5.73. The van der Waals surface area contributed by atoms with Crippen molar-refractivity contribution in [3.05, 3.63) is 64.7 Å². The summed E-state index contributed by atoms with van der Waals surface area (Å²) in [7, 11) is 1.69. The molecule has 32 heavy (non-hydrogen) atoms. The maximum Gasteiger partial charge on any atom is 0.223 e. The SMILES string of the molecule is COc1ccc(CN2C[C@H]3[C@H]4Cc5ccc(C)cc5[C@@]3(CCN4CC3CC3)CC2=O)cc1. The minimum Gasteiger partial charge on any atom is -0.497 e. The number of likely N-dealkylation sites (tertiary alicyclic amines) is 2. The number of piperidine rings is 2. The molecule has 1 amide bonds. The average Bonchev–Trinajstić information content (AvgIpc) is 3.61. The summed E-state index contributed by atoms with van der Waals surface area (Å²) in [4.78, 5) is 18.5. The lowest BCUT2D eigenvalue weighted by molar-refractivity contribution is -0.145. The number of aryl methyl sites for hydroxylation is 1. The van der Waals surface area contributed by atoms with Gasteiger partial charge in [-0.15, -0.1) is 0 Å². The Morgan fingerprint density at radius 2 is 1.94 bits per heavy atom. The molecule has 2 bridgehead atoms. The van der Waals surface area contributed by atoms with Crippen molar-refractivity contribution < 1.29 is 9.53 Å². The molecule has 4 nitrogen and oxygen atoms in total. The van der Waals surface area contributed by atoms with Gasteiger partial charge in [-0.2, -0.15) is 0 Å². The Balaban J connectivity index is 1.33. The van der Waals surface area contributed by atoms with E-state index in [9.17, 15) is 4.79 Å². The molecule has 2 aliphatic heterocycles. The topological polar surface area (TPSA) is 32.8 Å². The fourth-order valence-electron chi connectivity index (χ4n) is 6.77. The molecule has 0 radical (unpaired) electrons. The molecule has 2 saturated heterocycles. The number of benzene rings is 2. The van der Waals surface area contributed by atoms with Gasteiger partial charge in [0.2, 0.25) is 5.91 Å². The van der Waals surface area contributed by atoms with E-state index in [1.807, 2.05) is 12.1 Å². The minimum atomic E-state index is 0.0256. The van der Waals surface area contributed by atoms with Gasteiger partial charge in [-0.25, -0.2) is 0 Å². The van der Waals surface area contributed by atoms with E-state index in [4.69, 9.17) is 4.74 Å². The smallest absolute Gasteiger partial charge is 0.223 e. The Labute approximate surface area is 191 Å². The Hall–Kier alpha value is -2.33. The Morgan fingerprint density at radius 3 is 2.69 bits per heavy atom. The number of hydrogen-bond donors (Lipinski definition) is 0. The van der Waals surface area contributed by atoms with Gasteiger partial charge in [0.25, 0.3) is 0 Å². The standard InChI is InChI=1S/C28H34N2O2/c1-19-3-8-22-14-26-25-18-30(17-21-6-9-23(32-2)10-7-21)27(31)15-28(25,24(22)13-19)11-12-29(26)16-20-4-5-20/h3,6-10,13,20,25-26H,4-5,11-12,14-18H2,1-2H3/t25-,26+,28+/m0/s1. The molecule has 3 fully saturated rings. The van der Waals surface area contributed by atoms with Crippen molar-refractivity contribution in [2.75, 3.05) is 26.7 Å². The summed E-state index contributed by atoms with van der Waals surface area (Å²) >= 11 is 0. The molecule has 1 saturated carbocycles. The van der Waals surface area contributed by atoms with Gasteiger partial charge in [0.15, 0.2) is 0 Å². The quantitative estimate of drug-likeness (QED) is 0.708. The van der Waals surface area contributed by atoms with Gasteiger partial charge < -0.3 is 9.64 Å². The predicted molar refractivity (Wildman–Crippen MR) is 126 cm³/mol. The number of ether oxygens (including phenoxy) is 1. The predicted octanol–water partition coefficient (Wildman–Crippen LogP) is 4.33. The highest BCUT2D eigenvalue weighted by Gasteiger charge is 2.57. The molecule has 6 rings (SSSR count). The molecular weight excluding hydrogens is 396 g/mol. The first-order valence-electron chi connectivity index (χ1n) is 12.3. The lowest BCUT2D eigenvalue weighted by Crippen LogP contribution is -2.66. The van der Waals surface area contributed by atoms with E-state index in [-0.39, 0.29) is 5.41 Å². The second kappa shape index (κ2) is 7.62. The van der Waals surface area contributed by atoms with Gasteiger partial charge in [0.1, 0.15) is 5.75 Å². The van der Waals surface area contributed by atoms with Crippen LogP contribution in [0.3, 0.4) is 0 Å². The van der Waals surface area contributed by atoms with E-state index in [0.717, 1.165) is 37.6 Å². The molecule has 4 aliphatic rings. The third-order valence-electron chi connectivity index (χ3n) is 8.68. The second-order valence-corrected chi connectivity index (χ2v) is 10.7. The monoisotopic (exact) mass is 430 g/mol. The van der Waals surface area contributed by atoms with Gasteiger partial charge >= 0.3 is 0 Å². The van der Waals surface area contributed by atoms with Crippen molar-refractivity contribution in [1.82, 2.24) is 9.80 Å². The molecule has 2 aliphatic carbocycles. The van der Waals surface area contributed by atoms with Crippen LogP contribution in [-0.2, 0) is 23.2 Å². The third-order valence-corrected chi connectivity index (χ3v) is 8.68. The van der Waals surface area contributed by atoms with Crippen LogP contribution in [0, 0.1) is 18.8 Å². The maximum atomic E-state index is 13.5.